The lowest BCUT2D eigenvalue weighted by Gasteiger charge is -2.15. The number of aromatic nitrogens is 1. The summed E-state index contributed by atoms with van der Waals surface area (Å²) in [4.78, 5) is 30.4. The summed E-state index contributed by atoms with van der Waals surface area (Å²) in [7, 11) is 0. The van der Waals surface area contributed by atoms with Crippen LogP contribution in [-0.2, 0) is 22.6 Å². The monoisotopic (exact) mass is 468 g/mol. The van der Waals surface area contributed by atoms with Crippen molar-refractivity contribution >= 4 is 52.0 Å². The second-order valence-corrected chi connectivity index (χ2v) is 10.0. The number of nitrogen functional groups attached to an aromatic ring is 1. The van der Waals surface area contributed by atoms with E-state index in [1.165, 1.54) is 11.3 Å². The van der Waals surface area contributed by atoms with E-state index in [0.717, 1.165) is 35.5 Å². The molecule has 3 rings (SSSR count). The van der Waals surface area contributed by atoms with Crippen molar-refractivity contribution in [3.05, 3.63) is 43.7 Å². The van der Waals surface area contributed by atoms with Gasteiger partial charge in [0, 0.05) is 29.5 Å². The Kier molecular flexibility index (Phi) is 7.74. The quantitative estimate of drug-likeness (QED) is 0.547. The number of halogens is 2. The van der Waals surface area contributed by atoms with Gasteiger partial charge in [0.15, 0.2) is 5.78 Å². The van der Waals surface area contributed by atoms with Crippen molar-refractivity contribution in [3.8, 4) is 0 Å². The number of nitrogens with one attached hydrogen (secondary N) is 2. The summed E-state index contributed by atoms with van der Waals surface area (Å²) in [5, 5.41) is 6.77. The molecule has 0 aromatic carbocycles. The molecule has 2 aromatic heterocycles. The van der Waals surface area contributed by atoms with Crippen LogP contribution in [0.3, 0.4) is 0 Å². The molecule has 6 nitrogen and oxygen atoms in total. The lowest BCUT2D eigenvalue weighted by Crippen LogP contribution is -2.35. The Labute approximate surface area is 190 Å². The summed E-state index contributed by atoms with van der Waals surface area (Å²) in [6.07, 6.45) is 1.82. The smallest absolute Gasteiger partial charge is 0.223 e. The molecular formula is C21H26Cl2N4O2S. The summed E-state index contributed by atoms with van der Waals surface area (Å²) in [6.45, 7) is 4.77. The summed E-state index contributed by atoms with van der Waals surface area (Å²) in [6, 6.07) is 5.25. The average molecular weight is 469 g/mol. The topological polar surface area (TPSA) is 97.1 Å². The number of ketones is 1. The van der Waals surface area contributed by atoms with E-state index in [1.54, 1.807) is 13.0 Å². The minimum Gasteiger partial charge on any atom is -0.384 e. The molecule has 1 aliphatic rings. The number of anilines is 1. The van der Waals surface area contributed by atoms with E-state index in [0.29, 0.717) is 27.6 Å². The minimum atomic E-state index is -0.393. The second-order valence-electron chi connectivity index (χ2n) is 7.87. The van der Waals surface area contributed by atoms with Crippen molar-refractivity contribution in [2.24, 2.45) is 11.8 Å². The number of hydrogen-bond donors (Lipinski definition) is 3. The zero-order valence-corrected chi connectivity index (χ0v) is 19.3. The third-order valence-electron chi connectivity index (χ3n) is 5.42. The second kappa shape index (κ2) is 10.1. The van der Waals surface area contributed by atoms with Crippen molar-refractivity contribution in [1.29, 1.82) is 0 Å². The van der Waals surface area contributed by atoms with Gasteiger partial charge in [0.05, 0.1) is 11.1 Å². The Morgan fingerprint density at radius 1 is 1.40 bits per heavy atom. The highest BCUT2D eigenvalue weighted by Crippen LogP contribution is 2.34. The van der Waals surface area contributed by atoms with Gasteiger partial charge in [-0.2, -0.15) is 0 Å². The van der Waals surface area contributed by atoms with Gasteiger partial charge >= 0.3 is 0 Å². The third kappa shape index (κ3) is 5.94. The van der Waals surface area contributed by atoms with Crippen LogP contribution in [0.5, 0.6) is 0 Å². The summed E-state index contributed by atoms with van der Waals surface area (Å²) < 4.78 is 0.607. The van der Waals surface area contributed by atoms with E-state index in [2.05, 4.69) is 15.6 Å². The molecule has 2 aromatic rings. The van der Waals surface area contributed by atoms with Crippen LogP contribution in [0, 0.1) is 18.8 Å². The molecule has 3 heterocycles. The first-order valence-corrected chi connectivity index (χ1v) is 11.5. The Morgan fingerprint density at radius 2 is 2.17 bits per heavy atom. The number of nitrogens with two attached hydrogens (primary N) is 1. The van der Waals surface area contributed by atoms with Crippen molar-refractivity contribution in [2.45, 2.75) is 45.7 Å². The van der Waals surface area contributed by atoms with Crippen LogP contribution in [-0.4, -0.2) is 29.3 Å². The molecule has 162 valence electrons. The number of carbonyl (C=O) groups is 2. The lowest BCUT2D eigenvalue weighted by atomic mass is 9.94. The van der Waals surface area contributed by atoms with Gasteiger partial charge in [-0.1, -0.05) is 36.2 Å². The first-order chi connectivity index (χ1) is 14.2. The van der Waals surface area contributed by atoms with Crippen LogP contribution in [0.25, 0.3) is 0 Å². The number of amides is 1. The van der Waals surface area contributed by atoms with E-state index < -0.39 is 5.92 Å². The molecule has 1 amide bonds. The van der Waals surface area contributed by atoms with Crippen LogP contribution < -0.4 is 16.4 Å². The van der Waals surface area contributed by atoms with Gasteiger partial charge in [-0.3, -0.25) is 9.59 Å². The maximum atomic E-state index is 12.7. The van der Waals surface area contributed by atoms with Crippen molar-refractivity contribution in [3.63, 3.8) is 0 Å². The highest BCUT2D eigenvalue weighted by molar-refractivity contribution is 7.16. The molecule has 1 saturated heterocycles. The zero-order valence-electron chi connectivity index (χ0n) is 17.0. The van der Waals surface area contributed by atoms with Crippen molar-refractivity contribution in [2.75, 3.05) is 12.3 Å². The maximum Gasteiger partial charge on any atom is 0.223 e. The SMILES string of the molecule is Cc1nc(N)ccc1CNC(=O)[C@H](C)CC(=O)[C@H]1C[C@H](Cc2cc(Cl)c(Cl)s2)CN1. The summed E-state index contributed by atoms with van der Waals surface area (Å²) in [5.74, 6) is 0.351. The predicted octanol–water partition coefficient (Wildman–Crippen LogP) is 3.77. The molecule has 1 fully saturated rings. The number of carbonyl (C=O) groups excluding carboxylic acids is 2. The molecule has 0 spiro atoms. The van der Waals surface area contributed by atoms with Gasteiger partial charge in [-0.15, -0.1) is 11.3 Å². The van der Waals surface area contributed by atoms with Gasteiger partial charge in [0.2, 0.25) is 5.91 Å². The molecule has 0 bridgehead atoms. The molecule has 4 N–H and O–H groups in total. The minimum absolute atomic E-state index is 0.0766. The van der Waals surface area contributed by atoms with E-state index in [-0.39, 0.29) is 24.2 Å². The summed E-state index contributed by atoms with van der Waals surface area (Å²) in [5.41, 5.74) is 7.35. The predicted molar refractivity (Wildman–Crippen MR) is 122 cm³/mol. The Balaban J connectivity index is 1.45. The van der Waals surface area contributed by atoms with Gasteiger partial charge < -0.3 is 16.4 Å². The highest BCUT2D eigenvalue weighted by atomic mass is 35.5. The van der Waals surface area contributed by atoms with Crippen LogP contribution in [0.1, 0.15) is 35.9 Å². The lowest BCUT2D eigenvalue weighted by molar-refractivity contribution is -0.129. The van der Waals surface area contributed by atoms with Crippen LogP contribution in [0.4, 0.5) is 5.82 Å². The van der Waals surface area contributed by atoms with E-state index in [1.807, 2.05) is 19.1 Å². The number of thiophene rings is 1. The van der Waals surface area contributed by atoms with E-state index >= 15 is 0 Å². The van der Waals surface area contributed by atoms with Crippen LogP contribution in [0.2, 0.25) is 9.36 Å². The first kappa shape index (κ1) is 23.0. The van der Waals surface area contributed by atoms with E-state index in [4.69, 9.17) is 28.9 Å². The number of hydrogen-bond acceptors (Lipinski definition) is 6. The third-order valence-corrected chi connectivity index (χ3v) is 7.31. The number of Topliss-reactive ketones (excluding diaryl/α,β-unsaturated/α-hetero) is 1. The standard InChI is InChI=1S/C21H26Cl2N4O2S/c1-11(21(29)26-10-14-3-4-19(24)27-12(14)2)5-18(28)17-7-13(9-25-17)6-15-8-16(22)20(23)30-15/h3-4,8,11,13,17,25H,5-7,9-10H2,1-2H3,(H2,24,27)(H,26,29)/t11-,13+,17-/m1/s1. The highest BCUT2D eigenvalue weighted by Gasteiger charge is 2.31. The number of pyridine rings is 1. The largest absolute Gasteiger partial charge is 0.384 e. The van der Waals surface area contributed by atoms with Crippen LogP contribution in [0.15, 0.2) is 18.2 Å². The fourth-order valence-corrected chi connectivity index (χ4v) is 5.22. The van der Waals surface area contributed by atoms with Crippen molar-refractivity contribution < 1.29 is 9.59 Å². The number of aryl methyl sites for hydroxylation is 1. The fourth-order valence-electron chi connectivity index (χ4n) is 3.68. The number of nitrogens with zero attached hydrogens (tertiary/aromatic N) is 1. The average Bonchev–Trinajstić information content (AvgIpc) is 3.27. The fraction of sp³-hybridized carbons (Fsp3) is 0.476. The molecule has 3 atom stereocenters. The van der Waals surface area contributed by atoms with Crippen molar-refractivity contribution in [1.82, 2.24) is 15.6 Å². The molecule has 0 aliphatic carbocycles. The van der Waals surface area contributed by atoms with E-state index in [9.17, 15) is 9.59 Å². The molecule has 30 heavy (non-hydrogen) atoms. The maximum absolute atomic E-state index is 12.7. The normalized spacial score (nSPS) is 19.6. The molecule has 9 heteroatoms. The van der Waals surface area contributed by atoms with Crippen LogP contribution >= 0.6 is 34.5 Å². The van der Waals surface area contributed by atoms with Gasteiger partial charge in [-0.05, 0) is 49.9 Å². The van der Waals surface area contributed by atoms with Gasteiger partial charge in [0.25, 0.3) is 0 Å². The number of rotatable bonds is 8. The Morgan fingerprint density at radius 3 is 2.83 bits per heavy atom. The molecular weight excluding hydrogens is 443 g/mol. The first-order valence-electron chi connectivity index (χ1n) is 9.92. The molecule has 0 unspecified atom stereocenters. The molecule has 0 saturated carbocycles. The zero-order chi connectivity index (χ0) is 21.8. The Hall–Kier alpha value is -1.67. The molecule has 1 aliphatic heterocycles. The van der Waals surface area contributed by atoms with Gasteiger partial charge in [-0.25, -0.2) is 4.98 Å². The summed E-state index contributed by atoms with van der Waals surface area (Å²) >= 11 is 13.5. The Bertz CT molecular complexity index is 914. The van der Waals surface area contributed by atoms with Gasteiger partial charge in [0.1, 0.15) is 10.2 Å². The molecule has 0 radical (unpaired) electrons.